The fourth-order valence-electron chi connectivity index (χ4n) is 1.16. The molecule has 76 valence electrons. The molecule has 1 atom stereocenters. The van der Waals surface area contributed by atoms with Crippen molar-refractivity contribution in [2.24, 2.45) is 5.73 Å². The summed E-state index contributed by atoms with van der Waals surface area (Å²) in [5, 5.41) is 0. The Bertz CT molecular complexity index is 185. The summed E-state index contributed by atoms with van der Waals surface area (Å²) < 4.78 is 5.06. The Morgan fingerprint density at radius 2 is 2.08 bits per heavy atom. The van der Waals surface area contributed by atoms with Crippen LogP contribution in [0.1, 0.15) is 33.6 Å². The Kier molecular flexibility index (Phi) is 4.70. The summed E-state index contributed by atoms with van der Waals surface area (Å²) in [6.45, 7) is 9.12. The molecule has 0 aliphatic heterocycles. The maximum atomic E-state index is 10.9. The Labute approximate surface area is 79.9 Å². The van der Waals surface area contributed by atoms with E-state index in [0.29, 0.717) is 0 Å². The van der Waals surface area contributed by atoms with Gasteiger partial charge in [-0.1, -0.05) is 20.4 Å². The Hall–Kier alpha value is -0.830. The maximum Gasteiger partial charge on any atom is 0.330 e. The van der Waals surface area contributed by atoms with Crippen LogP contribution in [0.2, 0.25) is 0 Å². The van der Waals surface area contributed by atoms with Gasteiger partial charge in [-0.05, 0) is 19.8 Å². The molecule has 0 heterocycles. The van der Waals surface area contributed by atoms with Crippen molar-refractivity contribution in [1.29, 1.82) is 0 Å². The molecule has 0 aliphatic rings. The van der Waals surface area contributed by atoms with Gasteiger partial charge in [-0.2, -0.15) is 0 Å². The van der Waals surface area contributed by atoms with Crippen molar-refractivity contribution in [3.63, 3.8) is 0 Å². The number of nitrogens with two attached hydrogens (primary N) is 1. The molecule has 3 nitrogen and oxygen atoms in total. The van der Waals surface area contributed by atoms with E-state index in [1.54, 1.807) is 0 Å². The summed E-state index contributed by atoms with van der Waals surface area (Å²) in [4.78, 5) is 10.9. The molecule has 0 rings (SSSR count). The molecule has 0 radical (unpaired) electrons. The Morgan fingerprint density at radius 1 is 1.62 bits per heavy atom. The number of hydrogen-bond acceptors (Lipinski definition) is 3. The number of carbonyl (C=O) groups excluding carboxylic acids is 1. The molecule has 0 aliphatic carbocycles. The smallest absolute Gasteiger partial charge is 0.330 e. The lowest BCUT2D eigenvalue weighted by Gasteiger charge is -2.32. The first-order valence-electron chi connectivity index (χ1n) is 4.62. The SMILES string of the molecule is C=CC(=O)OC(C)C(N)(CC)CC. The minimum absolute atomic E-state index is 0.270. The molecule has 1 unspecified atom stereocenters. The summed E-state index contributed by atoms with van der Waals surface area (Å²) in [5.74, 6) is -0.413. The first-order valence-corrected chi connectivity index (χ1v) is 4.62. The van der Waals surface area contributed by atoms with E-state index in [4.69, 9.17) is 10.5 Å². The van der Waals surface area contributed by atoms with Gasteiger partial charge in [0.2, 0.25) is 0 Å². The molecule has 2 N–H and O–H groups in total. The van der Waals surface area contributed by atoms with Crippen molar-refractivity contribution in [2.75, 3.05) is 0 Å². The fourth-order valence-corrected chi connectivity index (χ4v) is 1.16. The van der Waals surface area contributed by atoms with Crippen LogP contribution in [0, 0.1) is 0 Å². The predicted molar refractivity (Wildman–Crippen MR) is 53.3 cm³/mol. The van der Waals surface area contributed by atoms with Crippen molar-refractivity contribution >= 4 is 5.97 Å². The van der Waals surface area contributed by atoms with E-state index in [2.05, 4.69) is 6.58 Å². The molecule has 3 heteroatoms. The minimum atomic E-state index is -0.418. The van der Waals surface area contributed by atoms with E-state index in [1.165, 1.54) is 0 Å². The van der Waals surface area contributed by atoms with Gasteiger partial charge in [-0.15, -0.1) is 0 Å². The summed E-state index contributed by atoms with van der Waals surface area (Å²) in [6.07, 6.45) is 2.46. The number of esters is 1. The molecule has 0 aromatic carbocycles. The third-order valence-electron chi connectivity index (χ3n) is 2.59. The third kappa shape index (κ3) is 3.19. The summed E-state index contributed by atoms with van der Waals surface area (Å²) in [6, 6.07) is 0. The van der Waals surface area contributed by atoms with E-state index in [0.717, 1.165) is 18.9 Å². The van der Waals surface area contributed by atoms with Crippen LogP contribution in [0.4, 0.5) is 0 Å². The second-order valence-corrected chi connectivity index (χ2v) is 3.22. The highest BCUT2D eigenvalue weighted by molar-refractivity contribution is 5.81. The normalized spacial score (nSPS) is 13.5. The molecule has 0 fully saturated rings. The van der Waals surface area contributed by atoms with Gasteiger partial charge in [0, 0.05) is 6.08 Å². The van der Waals surface area contributed by atoms with Gasteiger partial charge >= 0.3 is 5.97 Å². The standard InChI is InChI=1S/C10H19NO2/c1-5-9(12)13-8(4)10(11,6-2)7-3/h5,8H,1,6-7,11H2,2-4H3. The fraction of sp³-hybridized carbons (Fsp3) is 0.700. The molecule has 0 saturated carbocycles. The highest BCUT2D eigenvalue weighted by atomic mass is 16.5. The first-order chi connectivity index (χ1) is 6.00. The summed E-state index contributed by atoms with van der Waals surface area (Å²) in [7, 11) is 0. The topological polar surface area (TPSA) is 52.3 Å². The molecule has 0 aromatic rings. The molecule has 0 bridgehead atoms. The molecular formula is C10H19NO2. The predicted octanol–water partition coefficient (Wildman–Crippen LogP) is 1.62. The number of ether oxygens (including phenoxy) is 1. The van der Waals surface area contributed by atoms with Crippen LogP contribution >= 0.6 is 0 Å². The highest BCUT2D eigenvalue weighted by Gasteiger charge is 2.30. The van der Waals surface area contributed by atoms with Crippen LogP contribution < -0.4 is 5.73 Å². The number of hydrogen-bond donors (Lipinski definition) is 1. The van der Waals surface area contributed by atoms with E-state index in [-0.39, 0.29) is 6.10 Å². The molecule has 0 spiro atoms. The largest absolute Gasteiger partial charge is 0.458 e. The highest BCUT2D eigenvalue weighted by Crippen LogP contribution is 2.19. The lowest BCUT2D eigenvalue weighted by Crippen LogP contribution is -2.50. The average molecular weight is 185 g/mol. The third-order valence-corrected chi connectivity index (χ3v) is 2.59. The minimum Gasteiger partial charge on any atom is -0.458 e. The lowest BCUT2D eigenvalue weighted by atomic mass is 9.88. The van der Waals surface area contributed by atoms with Crippen molar-refractivity contribution in [3.05, 3.63) is 12.7 Å². The second-order valence-electron chi connectivity index (χ2n) is 3.22. The Balaban J connectivity index is 4.29. The van der Waals surface area contributed by atoms with Gasteiger partial charge in [0.05, 0.1) is 5.54 Å². The summed E-state index contributed by atoms with van der Waals surface area (Å²) >= 11 is 0. The lowest BCUT2D eigenvalue weighted by molar-refractivity contribution is -0.145. The van der Waals surface area contributed by atoms with Gasteiger partial charge in [0.1, 0.15) is 6.10 Å². The molecule has 0 amide bonds. The van der Waals surface area contributed by atoms with Gasteiger partial charge in [-0.3, -0.25) is 0 Å². The van der Waals surface area contributed by atoms with Crippen molar-refractivity contribution in [1.82, 2.24) is 0 Å². The van der Waals surface area contributed by atoms with Crippen molar-refractivity contribution in [3.8, 4) is 0 Å². The second kappa shape index (κ2) is 5.02. The number of carbonyl (C=O) groups is 1. The van der Waals surface area contributed by atoms with Gasteiger partial charge < -0.3 is 10.5 Å². The molecule has 13 heavy (non-hydrogen) atoms. The quantitative estimate of drug-likeness (QED) is 0.523. The maximum absolute atomic E-state index is 10.9. The molecule has 0 aromatic heterocycles. The van der Waals surface area contributed by atoms with Crippen LogP contribution in [-0.2, 0) is 9.53 Å². The van der Waals surface area contributed by atoms with E-state index in [1.807, 2.05) is 20.8 Å². The van der Waals surface area contributed by atoms with Gasteiger partial charge in [0.15, 0.2) is 0 Å². The van der Waals surface area contributed by atoms with E-state index < -0.39 is 11.5 Å². The molecular weight excluding hydrogens is 166 g/mol. The molecule has 0 saturated heterocycles. The zero-order valence-electron chi connectivity index (χ0n) is 8.67. The van der Waals surface area contributed by atoms with Crippen molar-refractivity contribution in [2.45, 2.75) is 45.3 Å². The van der Waals surface area contributed by atoms with Gasteiger partial charge in [0.25, 0.3) is 0 Å². The van der Waals surface area contributed by atoms with Crippen LogP contribution in [0.15, 0.2) is 12.7 Å². The zero-order valence-corrected chi connectivity index (χ0v) is 8.67. The Morgan fingerprint density at radius 3 is 2.38 bits per heavy atom. The van der Waals surface area contributed by atoms with Crippen LogP contribution in [-0.4, -0.2) is 17.6 Å². The van der Waals surface area contributed by atoms with Crippen molar-refractivity contribution < 1.29 is 9.53 Å². The van der Waals surface area contributed by atoms with E-state index in [9.17, 15) is 4.79 Å². The number of rotatable bonds is 5. The van der Waals surface area contributed by atoms with E-state index >= 15 is 0 Å². The van der Waals surface area contributed by atoms with Crippen LogP contribution in [0.25, 0.3) is 0 Å². The van der Waals surface area contributed by atoms with Crippen LogP contribution in [0.5, 0.6) is 0 Å². The monoisotopic (exact) mass is 185 g/mol. The zero-order chi connectivity index (χ0) is 10.5. The average Bonchev–Trinajstić information content (AvgIpc) is 2.16. The van der Waals surface area contributed by atoms with Gasteiger partial charge in [-0.25, -0.2) is 4.79 Å². The van der Waals surface area contributed by atoms with Crippen LogP contribution in [0.3, 0.4) is 0 Å². The summed E-state index contributed by atoms with van der Waals surface area (Å²) in [5.41, 5.74) is 5.61. The first kappa shape index (κ1) is 12.2.